The van der Waals surface area contributed by atoms with Gasteiger partial charge in [-0.1, -0.05) is 36.0 Å². The number of anilines is 2. The Bertz CT molecular complexity index is 1070. The molecule has 1 heterocycles. The van der Waals surface area contributed by atoms with Crippen LogP contribution in [-0.2, 0) is 0 Å². The van der Waals surface area contributed by atoms with Gasteiger partial charge in [0.1, 0.15) is 5.75 Å². The number of non-ortho nitro benzene ring substituents is 1. The lowest BCUT2D eigenvalue weighted by Crippen LogP contribution is -2.25. The van der Waals surface area contributed by atoms with Gasteiger partial charge in [-0.2, -0.15) is 5.10 Å². The van der Waals surface area contributed by atoms with Crippen molar-refractivity contribution in [3.63, 3.8) is 0 Å². The molecule has 0 bridgehead atoms. The van der Waals surface area contributed by atoms with Crippen LogP contribution in [0.5, 0.6) is 5.75 Å². The minimum Gasteiger partial charge on any atom is -0.409 e. The summed E-state index contributed by atoms with van der Waals surface area (Å²) in [7, 11) is 0. The Morgan fingerprint density at radius 1 is 1.03 bits per heavy atom. The molecule has 1 amide bonds. The molecule has 0 atom stereocenters. The highest BCUT2D eigenvalue weighted by molar-refractivity contribution is 7.99. The quantitative estimate of drug-likeness (QED) is 0.355. The first kappa shape index (κ1) is 19.5. The number of benzene rings is 3. The van der Waals surface area contributed by atoms with E-state index in [0.717, 1.165) is 21.2 Å². The summed E-state index contributed by atoms with van der Waals surface area (Å²) in [4.78, 5) is 26.4. The monoisotopic (exact) mass is 420 g/mol. The summed E-state index contributed by atoms with van der Waals surface area (Å²) in [5.41, 5.74) is 4.36. The molecule has 0 aromatic heterocycles. The molecule has 0 aliphatic carbocycles. The molecule has 150 valence electrons. The van der Waals surface area contributed by atoms with Gasteiger partial charge >= 0.3 is 6.09 Å². The number of hydrogen-bond acceptors (Lipinski definition) is 7. The van der Waals surface area contributed by atoms with Crippen molar-refractivity contribution in [3.05, 3.63) is 82.9 Å². The Morgan fingerprint density at radius 2 is 1.63 bits per heavy atom. The van der Waals surface area contributed by atoms with E-state index >= 15 is 0 Å². The van der Waals surface area contributed by atoms with Crippen molar-refractivity contribution in [2.45, 2.75) is 9.79 Å². The maximum atomic E-state index is 11.9. The number of nitro groups is 1. The molecule has 0 fully saturated rings. The highest BCUT2D eigenvalue weighted by atomic mass is 32.2. The SMILES string of the molecule is O=C(N/N=C/CN1c2ccccc2Sc2ccccc21)Oc1ccc([N+](=O)[O-])cc1. The van der Waals surface area contributed by atoms with E-state index in [2.05, 4.69) is 27.6 Å². The lowest BCUT2D eigenvalue weighted by molar-refractivity contribution is -0.384. The number of nitrogens with one attached hydrogen (secondary N) is 1. The number of fused-ring (bicyclic) bond motifs is 2. The lowest BCUT2D eigenvalue weighted by Gasteiger charge is -2.31. The van der Waals surface area contributed by atoms with Gasteiger partial charge in [0.15, 0.2) is 0 Å². The first-order valence-corrected chi connectivity index (χ1v) is 9.81. The van der Waals surface area contributed by atoms with Crippen LogP contribution in [0.4, 0.5) is 21.9 Å². The molecule has 30 heavy (non-hydrogen) atoms. The fraction of sp³-hybridized carbons (Fsp3) is 0.0476. The first-order chi connectivity index (χ1) is 14.6. The Kier molecular flexibility index (Phi) is 5.62. The van der Waals surface area contributed by atoms with Gasteiger partial charge in [-0.05, 0) is 36.4 Å². The van der Waals surface area contributed by atoms with Crippen LogP contribution in [0.2, 0.25) is 0 Å². The molecule has 0 radical (unpaired) electrons. The van der Waals surface area contributed by atoms with E-state index < -0.39 is 11.0 Å². The average Bonchev–Trinajstić information content (AvgIpc) is 2.76. The molecule has 4 rings (SSSR count). The number of para-hydroxylation sites is 2. The van der Waals surface area contributed by atoms with E-state index in [0.29, 0.717) is 6.54 Å². The number of carbonyl (C=O) groups excluding carboxylic acids is 1. The third kappa shape index (κ3) is 4.26. The summed E-state index contributed by atoms with van der Waals surface area (Å²) in [5.74, 6) is 0.184. The molecule has 3 aromatic rings. The summed E-state index contributed by atoms with van der Waals surface area (Å²) in [5, 5.41) is 14.6. The third-order valence-corrected chi connectivity index (χ3v) is 5.43. The fourth-order valence-electron chi connectivity index (χ4n) is 2.96. The number of carbonyl (C=O) groups is 1. The molecule has 0 unspecified atom stereocenters. The Labute approximate surface area is 176 Å². The molecule has 0 spiro atoms. The van der Waals surface area contributed by atoms with Crippen LogP contribution in [0.15, 0.2) is 87.7 Å². The van der Waals surface area contributed by atoms with Crippen LogP contribution >= 0.6 is 11.8 Å². The van der Waals surface area contributed by atoms with Gasteiger partial charge in [0, 0.05) is 28.1 Å². The van der Waals surface area contributed by atoms with Gasteiger partial charge in [0.25, 0.3) is 5.69 Å². The van der Waals surface area contributed by atoms with Crippen LogP contribution in [0, 0.1) is 10.1 Å². The van der Waals surface area contributed by atoms with Crippen molar-refractivity contribution in [3.8, 4) is 5.75 Å². The van der Waals surface area contributed by atoms with Crippen LogP contribution in [0.25, 0.3) is 0 Å². The molecule has 1 aliphatic heterocycles. The van der Waals surface area contributed by atoms with Crippen molar-refractivity contribution < 1.29 is 14.5 Å². The van der Waals surface area contributed by atoms with Crippen molar-refractivity contribution in [1.29, 1.82) is 0 Å². The van der Waals surface area contributed by atoms with Gasteiger partial charge in [-0.25, -0.2) is 10.2 Å². The van der Waals surface area contributed by atoms with Crippen molar-refractivity contribution in [2.24, 2.45) is 5.10 Å². The normalized spacial score (nSPS) is 12.2. The van der Waals surface area contributed by atoms with E-state index in [-0.39, 0.29) is 11.4 Å². The maximum Gasteiger partial charge on any atom is 0.433 e. The lowest BCUT2D eigenvalue weighted by atomic mass is 10.2. The zero-order chi connectivity index (χ0) is 20.9. The number of amides is 1. The van der Waals surface area contributed by atoms with E-state index in [1.807, 2.05) is 36.4 Å². The molecular weight excluding hydrogens is 404 g/mol. The molecule has 0 saturated carbocycles. The summed E-state index contributed by atoms with van der Waals surface area (Å²) >= 11 is 1.72. The molecule has 8 nitrogen and oxygen atoms in total. The van der Waals surface area contributed by atoms with Crippen LogP contribution < -0.4 is 15.1 Å². The minimum atomic E-state index is -0.782. The molecular formula is C21H16N4O4S. The highest BCUT2D eigenvalue weighted by Crippen LogP contribution is 2.47. The minimum absolute atomic E-state index is 0.0824. The smallest absolute Gasteiger partial charge is 0.409 e. The Hall–Kier alpha value is -3.85. The summed E-state index contributed by atoms with van der Waals surface area (Å²) in [6, 6.07) is 21.4. The van der Waals surface area contributed by atoms with Gasteiger partial charge in [0.05, 0.1) is 22.8 Å². The number of hydrogen-bond donors (Lipinski definition) is 1. The molecule has 3 aromatic carbocycles. The van der Waals surface area contributed by atoms with Crippen LogP contribution in [-0.4, -0.2) is 23.8 Å². The van der Waals surface area contributed by atoms with E-state index in [4.69, 9.17) is 4.74 Å². The maximum absolute atomic E-state index is 11.9. The second-order valence-corrected chi connectivity index (χ2v) is 7.30. The standard InChI is InChI=1S/C21H16N4O4S/c26-21(29-16-11-9-15(10-12-16)25(27)28)23-22-13-14-24-17-5-1-3-7-19(17)30-20-8-4-2-6-18(20)24/h1-13H,14H2,(H,23,26)/b22-13+. The molecule has 1 aliphatic rings. The Balaban J connectivity index is 1.39. The average molecular weight is 420 g/mol. The van der Waals surface area contributed by atoms with Gasteiger partial charge in [-0.15, -0.1) is 0 Å². The second-order valence-electron chi connectivity index (χ2n) is 6.21. The summed E-state index contributed by atoms with van der Waals surface area (Å²) in [6.07, 6.45) is 0.802. The number of hydrazone groups is 1. The Morgan fingerprint density at radius 3 is 2.23 bits per heavy atom. The van der Waals surface area contributed by atoms with Gasteiger partial charge < -0.3 is 9.64 Å². The fourth-order valence-corrected chi connectivity index (χ4v) is 4.06. The van der Waals surface area contributed by atoms with Crippen LogP contribution in [0.1, 0.15) is 0 Å². The zero-order valence-corrected chi connectivity index (χ0v) is 16.4. The van der Waals surface area contributed by atoms with E-state index in [9.17, 15) is 14.9 Å². The first-order valence-electron chi connectivity index (χ1n) is 8.99. The predicted octanol–water partition coefficient (Wildman–Crippen LogP) is 4.97. The van der Waals surface area contributed by atoms with Gasteiger partial charge in [-0.3, -0.25) is 10.1 Å². The topological polar surface area (TPSA) is 97.1 Å². The summed E-state index contributed by atoms with van der Waals surface area (Å²) in [6.45, 7) is 0.451. The number of ether oxygens (including phenoxy) is 1. The van der Waals surface area contributed by atoms with Crippen molar-refractivity contribution >= 4 is 41.1 Å². The summed E-state index contributed by atoms with van der Waals surface area (Å²) < 4.78 is 5.05. The van der Waals surface area contributed by atoms with Gasteiger partial charge in [0.2, 0.25) is 0 Å². The molecule has 9 heteroatoms. The number of nitrogens with zero attached hydrogens (tertiary/aromatic N) is 3. The third-order valence-electron chi connectivity index (χ3n) is 4.30. The van der Waals surface area contributed by atoms with E-state index in [1.54, 1.807) is 18.0 Å². The van der Waals surface area contributed by atoms with Crippen LogP contribution in [0.3, 0.4) is 0 Å². The molecule has 1 N–H and O–H groups in total. The number of rotatable bonds is 5. The number of nitro benzene ring substituents is 1. The largest absolute Gasteiger partial charge is 0.433 e. The van der Waals surface area contributed by atoms with E-state index in [1.165, 1.54) is 24.3 Å². The zero-order valence-electron chi connectivity index (χ0n) is 15.6. The highest BCUT2D eigenvalue weighted by Gasteiger charge is 2.21. The second kappa shape index (κ2) is 8.66. The molecule has 0 saturated heterocycles. The van der Waals surface area contributed by atoms with Crippen molar-refractivity contribution in [1.82, 2.24) is 5.43 Å². The predicted molar refractivity (Wildman–Crippen MR) is 115 cm³/mol. The van der Waals surface area contributed by atoms with Crippen molar-refractivity contribution in [2.75, 3.05) is 11.4 Å².